The van der Waals surface area contributed by atoms with E-state index in [2.05, 4.69) is 4.98 Å². The second kappa shape index (κ2) is 9.01. The summed E-state index contributed by atoms with van der Waals surface area (Å²) >= 11 is 1.30. The SMILES string of the molecule is CC(C)OCCCn1c(SCC(=O)N(C)C)nc2ccccc2c1=O. The van der Waals surface area contributed by atoms with Gasteiger partial charge < -0.3 is 9.64 Å². The summed E-state index contributed by atoms with van der Waals surface area (Å²) in [6.45, 7) is 5.06. The molecule has 0 radical (unpaired) electrons. The molecule has 2 aromatic rings. The first-order valence-electron chi connectivity index (χ1n) is 8.34. The molecular weight excluding hydrogens is 338 g/mol. The fraction of sp³-hybridized carbons (Fsp3) is 0.500. The number of ether oxygens (including phenoxy) is 1. The number of amides is 1. The molecule has 0 aliphatic heterocycles. The van der Waals surface area contributed by atoms with Gasteiger partial charge >= 0.3 is 0 Å². The number of benzene rings is 1. The molecule has 0 unspecified atom stereocenters. The Kier molecular flexibility index (Phi) is 7.01. The third-order valence-corrected chi connectivity index (χ3v) is 4.59. The molecule has 7 heteroatoms. The van der Waals surface area contributed by atoms with Gasteiger partial charge in [0.15, 0.2) is 5.16 Å². The van der Waals surface area contributed by atoms with Crippen LogP contribution >= 0.6 is 11.8 Å². The maximum Gasteiger partial charge on any atom is 0.262 e. The van der Waals surface area contributed by atoms with Gasteiger partial charge in [-0.1, -0.05) is 23.9 Å². The summed E-state index contributed by atoms with van der Waals surface area (Å²) in [6, 6.07) is 7.29. The smallest absolute Gasteiger partial charge is 0.262 e. The maximum absolute atomic E-state index is 12.8. The zero-order valence-corrected chi connectivity index (χ0v) is 16.0. The van der Waals surface area contributed by atoms with Gasteiger partial charge in [0.2, 0.25) is 5.91 Å². The Balaban J connectivity index is 2.27. The fourth-order valence-electron chi connectivity index (χ4n) is 2.25. The van der Waals surface area contributed by atoms with E-state index < -0.39 is 0 Å². The van der Waals surface area contributed by atoms with Crippen LogP contribution in [0.15, 0.2) is 34.2 Å². The standard InChI is InChI=1S/C18H25N3O3S/c1-13(2)24-11-7-10-21-17(23)14-8-5-6-9-15(14)19-18(21)25-12-16(22)20(3)4/h5-6,8-9,13H,7,10-12H2,1-4H3. The molecule has 136 valence electrons. The monoisotopic (exact) mass is 363 g/mol. The Morgan fingerprint density at radius 1 is 1.32 bits per heavy atom. The van der Waals surface area contributed by atoms with Crippen LogP contribution in [0.25, 0.3) is 10.9 Å². The van der Waals surface area contributed by atoms with E-state index in [1.807, 2.05) is 32.0 Å². The lowest BCUT2D eigenvalue weighted by Crippen LogP contribution is -2.26. The van der Waals surface area contributed by atoms with Gasteiger partial charge in [-0.2, -0.15) is 0 Å². The zero-order chi connectivity index (χ0) is 18.4. The summed E-state index contributed by atoms with van der Waals surface area (Å²) in [5.74, 6) is 0.238. The highest BCUT2D eigenvalue weighted by atomic mass is 32.2. The molecule has 1 aromatic carbocycles. The van der Waals surface area contributed by atoms with Crippen LogP contribution in [0.3, 0.4) is 0 Å². The first kappa shape index (κ1) is 19.5. The van der Waals surface area contributed by atoms with Gasteiger partial charge in [0.05, 0.1) is 22.8 Å². The summed E-state index contributed by atoms with van der Waals surface area (Å²) in [7, 11) is 3.43. The van der Waals surface area contributed by atoms with E-state index in [0.717, 1.165) is 0 Å². The third-order valence-electron chi connectivity index (χ3n) is 3.63. The summed E-state index contributed by atoms with van der Waals surface area (Å²) in [4.78, 5) is 30.8. The number of hydrogen-bond donors (Lipinski definition) is 0. The van der Waals surface area contributed by atoms with Gasteiger partial charge in [-0.15, -0.1) is 0 Å². The molecular formula is C18H25N3O3S. The second-order valence-corrected chi connectivity index (χ2v) is 7.16. The molecule has 6 nitrogen and oxygen atoms in total. The van der Waals surface area contributed by atoms with Crippen molar-refractivity contribution >= 4 is 28.6 Å². The number of hydrogen-bond acceptors (Lipinski definition) is 5. The molecule has 0 aliphatic rings. The largest absolute Gasteiger partial charge is 0.379 e. The van der Waals surface area contributed by atoms with Crippen molar-refractivity contribution in [2.45, 2.75) is 38.1 Å². The van der Waals surface area contributed by atoms with Gasteiger partial charge in [-0.05, 0) is 32.4 Å². The Morgan fingerprint density at radius 3 is 2.72 bits per heavy atom. The summed E-state index contributed by atoms with van der Waals surface area (Å²) in [5.41, 5.74) is 0.580. The molecule has 25 heavy (non-hydrogen) atoms. The number of fused-ring (bicyclic) bond motifs is 1. The normalized spacial score (nSPS) is 11.2. The molecule has 0 fully saturated rings. The highest BCUT2D eigenvalue weighted by Crippen LogP contribution is 2.18. The van der Waals surface area contributed by atoms with E-state index in [1.54, 1.807) is 24.7 Å². The topological polar surface area (TPSA) is 64.4 Å². The zero-order valence-electron chi connectivity index (χ0n) is 15.2. The van der Waals surface area contributed by atoms with Gasteiger partial charge in [0.25, 0.3) is 5.56 Å². The average molecular weight is 363 g/mol. The number of nitrogens with zero attached hydrogens (tertiary/aromatic N) is 3. The lowest BCUT2D eigenvalue weighted by molar-refractivity contribution is -0.125. The van der Waals surface area contributed by atoms with Crippen molar-refractivity contribution in [1.82, 2.24) is 14.5 Å². The summed E-state index contributed by atoms with van der Waals surface area (Å²) in [5, 5.41) is 1.17. The van der Waals surface area contributed by atoms with E-state index in [0.29, 0.717) is 35.6 Å². The predicted molar refractivity (Wildman–Crippen MR) is 101 cm³/mol. The summed E-state index contributed by atoms with van der Waals surface area (Å²) < 4.78 is 7.21. The number of thioether (sulfide) groups is 1. The third kappa shape index (κ3) is 5.31. The van der Waals surface area contributed by atoms with Crippen LogP contribution in [0.1, 0.15) is 20.3 Å². The molecule has 0 spiro atoms. The number of carbonyl (C=O) groups is 1. The van der Waals surface area contributed by atoms with Gasteiger partial charge in [0, 0.05) is 27.2 Å². The minimum atomic E-state index is -0.0741. The Bertz CT molecular complexity index is 787. The van der Waals surface area contributed by atoms with E-state index in [9.17, 15) is 9.59 Å². The molecule has 0 aliphatic carbocycles. The van der Waals surface area contributed by atoms with Crippen molar-refractivity contribution in [3.05, 3.63) is 34.6 Å². The minimum absolute atomic E-state index is 0.0119. The van der Waals surface area contributed by atoms with E-state index >= 15 is 0 Å². The molecule has 2 rings (SSSR count). The highest BCUT2D eigenvalue weighted by Gasteiger charge is 2.13. The number of rotatable bonds is 8. The van der Waals surface area contributed by atoms with Crippen molar-refractivity contribution in [2.75, 3.05) is 26.5 Å². The first-order valence-corrected chi connectivity index (χ1v) is 9.33. The number of carbonyl (C=O) groups excluding carboxylic acids is 1. The van der Waals surface area contributed by atoms with Crippen LogP contribution in [-0.4, -0.2) is 52.9 Å². The molecule has 1 aromatic heterocycles. The quantitative estimate of drug-likeness (QED) is 0.409. The highest BCUT2D eigenvalue weighted by molar-refractivity contribution is 7.99. The van der Waals surface area contributed by atoms with Gasteiger partial charge in [0.1, 0.15) is 0 Å². The van der Waals surface area contributed by atoms with Crippen LogP contribution in [0.5, 0.6) is 0 Å². The Morgan fingerprint density at radius 2 is 2.04 bits per heavy atom. The molecule has 1 amide bonds. The average Bonchev–Trinajstić information content (AvgIpc) is 2.58. The van der Waals surface area contributed by atoms with Crippen molar-refractivity contribution in [2.24, 2.45) is 0 Å². The lowest BCUT2D eigenvalue weighted by Gasteiger charge is -2.15. The molecule has 0 N–H and O–H groups in total. The van der Waals surface area contributed by atoms with Crippen LogP contribution < -0.4 is 5.56 Å². The summed E-state index contributed by atoms with van der Waals surface area (Å²) in [6.07, 6.45) is 0.880. The molecule has 0 saturated heterocycles. The molecule has 0 saturated carbocycles. The molecule has 1 heterocycles. The Labute approximate surface area is 152 Å². The van der Waals surface area contributed by atoms with Crippen molar-refractivity contribution in [1.29, 1.82) is 0 Å². The van der Waals surface area contributed by atoms with Crippen LogP contribution in [0, 0.1) is 0 Å². The molecule has 0 bridgehead atoms. The lowest BCUT2D eigenvalue weighted by atomic mass is 10.2. The van der Waals surface area contributed by atoms with E-state index in [-0.39, 0.29) is 23.3 Å². The number of para-hydroxylation sites is 1. The second-order valence-electron chi connectivity index (χ2n) is 6.22. The van der Waals surface area contributed by atoms with Crippen molar-refractivity contribution in [3.8, 4) is 0 Å². The molecule has 0 atom stereocenters. The van der Waals surface area contributed by atoms with Crippen LogP contribution in [0.2, 0.25) is 0 Å². The first-order chi connectivity index (χ1) is 11.9. The van der Waals surface area contributed by atoms with Gasteiger partial charge in [-0.3, -0.25) is 14.2 Å². The van der Waals surface area contributed by atoms with Crippen LogP contribution in [-0.2, 0) is 16.1 Å². The minimum Gasteiger partial charge on any atom is -0.379 e. The van der Waals surface area contributed by atoms with Crippen LogP contribution in [0.4, 0.5) is 0 Å². The Hall–Kier alpha value is -1.86. The van der Waals surface area contributed by atoms with Crippen molar-refractivity contribution < 1.29 is 9.53 Å². The maximum atomic E-state index is 12.8. The van der Waals surface area contributed by atoms with Gasteiger partial charge in [-0.25, -0.2) is 4.98 Å². The van der Waals surface area contributed by atoms with E-state index in [4.69, 9.17) is 4.74 Å². The van der Waals surface area contributed by atoms with E-state index in [1.165, 1.54) is 16.7 Å². The fourth-order valence-corrected chi connectivity index (χ4v) is 3.26. The predicted octanol–water partition coefficient (Wildman–Crippen LogP) is 2.39. The van der Waals surface area contributed by atoms with Crippen molar-refractivity contribution in [3.63, 3.8) is 0 Å². The number of aromatic nitrogens is 2.